The van der Waals surface area contributed by atoms with E-state index in [9.17, 15) is 15.0 Å². The van der Waals surface area contributed by atoms with Gasteiger partial charge in [0.05, 0.1) is 0 Å². The SMILES string of the molecule is O=C(O)C(O)(c1ccccc1)c1ccccc1C1C2CCC1N(Cc1ccccc1)C2. The van der Waals surface area contributed by atoms with E-state index in [2.05, 4.69) is 29.2 Å². The summed E-state index contributed by atoms with van der Waals surface area (Å²) in [6.45, 7) is 1.91. The largest absolute Gasteiger partial charge is 0.479 e. The van der Waals surface area contributed by atoms with Gasteiger partial charge in [0.2, 0.25) is 5.60 Å². The van der Waals surface area contributed by atoms with E-state index in [1.807, 2.05) is 30.3 Å². The second-order valence-electron chi connectivity index (χ2n) is 8.81. The third kappa shape index (κ3) is 3.36. The Morgan fingerprint density at radius 1 is 0.903 bits per heavy atom. The average molecular weight is 414 g/mol. The Hall–Kier alpha value is -2.95. The number of aliphatic hydroxyl groups is 1. The molecule has 4 atom stereocenters. The maximum Gasteiger partial charge on any atom is 0.345 e. The molecule has 0 radical (unpaired) electrons. The molecule has 0 spiro atoms. The Balaban J connectivity index is 1.53. The summed E-state index contributed by atoms with van der Waals surface area (Å²) in [7, 11) is 0. The summed E-state index contributed by atoms with van der Waals surface area (Å²) in [5, 5.41) is 21.7. The second kappa shape index (κ2) is 7.95. The standard InChI is InChI=1S/C27H27NO3/c29-26(30)27(31,21-11-5-2-6-12-21)23-14-8-7-13-22(23)25-20-15-16-24(25)28(18-20)17-19-9-3-1-4-10-19/h1-14,20,24-25,31H,15-18H2,(H,29,30). The Kier molecular flexibility index (Phi) is 5.12. The molecule has 1 heterocycles. The lowest BCUT2D eigenvalue weighted by atomic mass is 9.78. The first-order chi connectivity index (χ1) is 15.1. The smallest absolute Gasteiger partial charge is 0.345 e. The predicted molar refractivity (Wildman–Crippen MR) is 120 cm³/mol. The van der Waals surface area contributed by atoms with Crippen molar-refractivity contribution in [1.29, 1.82) is 0 Å². The van der Waals surface area contributed by atoms with Crippen LogP contribution in [-0.4, -0.2) is 33.7 Å². The van der Waals surface area contributed by atoms with Crippen molar-refractivity contribution in [3.63, 3.8) is 0 Å². The van der Waals surface area contributed by atoms with Crippen molar-refractivity contribution in [2.24, 2.45) is 5.92 Å². The zero-order chi connectivity index (χ0) is 21.4. The van der Waals surface area contributed by atoms with E-state index < -0.39 is 11.6 Å². The number of carbonyl (C=O) groups is 1. The minimum atomic E-state index is -2.07. The first kappa shape index (κ1) is 20.0. The van der Waals surface area contributed by atoms with Crippen molar-refractivity contribution >= 4 is 5.97 Å². The first-order valence-electron chi connectivity index (χ1n) is 11.0. The number of nitrogens with zero attached hydrogens (tertiary/aromatic N) is 1. The van der Waals surface area contributed by atoms with Gasteiger partial charge in [0.25, 0.3) is 0 Å². The van der Waals surface area contributed by atoms with Crippen LogP contribution in [0.15, 0.2) is 84.9 Å². The van der Waals surface area contributed by atoms with Gasteiger partial charge in [-0.25, -0.2) is 4.79 Å². The number of fused-ring (bicyclic) bond motifs is 2. The van der Waals surface area contributed by atoms with Gasteiger partial charge in [-0.2, -0.15) is 0 Å². The molecule has 3 aromatic rings. The fraction of sp³-hybridized carbons (Fsp3) is 0.296. The third-order valence-corrected chi connectivity index (χ3v) is 7.13. The zero-order valence-corrected chi connectivity index (χ0v) is 17.4. The van der Waals surface area contributed by atoms with Crippen LogP contribution >= 0.6 is 0 Å². The number of benzene rings is 3. The van der Waals surface area contributed by atoms with Gasteiger partial charge in [-0.1, -0.05) is 84.9 Å². The van der Waals surface area contributed by atoms with E-state index in [-0.39, 0.29) is 5.92 Å². The van der Waals surface area contributed by atoms with Gasteiger partial charge in [0, 0.05) is 30.6 Å². The molecule has 3 aromatic carbocycles. The Bertz CT molecular complexity index is 1070. The minimum Gasteiger partial charge on any atom is -0.479 e. The van der Waals surface area contributed by atoms with E-state index in [1.165, 1.54) is 5.56 Å². The van der Waals surface area contributed by atoms with E-state index in [0.29, 0.717) is 23.1 Å². The number of carboxylic acids is 1. The number of rotatable bonds is 6. The second-order valence-corrected chi connectivity index (χ2v) is 8.81. The summed E-state index contributed by atoms with van der Waals surface area (Å²) >= 11 is 0. The molecule has 2 fully saturated rings. The highest BCUT2D eigenvalue weighted by molar-refractivity contribution is 5.84. The topological polar surface area (TPSA) is 60.8 Å². The van der Waals surface area contributed by atoms with Gasteiger partial charge in [0.15, 0.2) is 0 Å². The lowest BCUT2D eigenvalue weighted by Crippen LogP contribution is -2.38. The van der Waals surface area contributed by atoms with Gasteiger partial charge in [-0.3, -0.25) is 4.90 Å². The van der Waals surface area contributed by atoms with E-state index in [1.54, 1.807) is 30.3 Å². The predicted octanol–water partition coefficient (Wildman–Crippen LogP) is 4.39. The fourth-order valence-corrected chi connectivity index (χ4v) is 5.76. The maximum atomic E-state index is 12.4. The number of aliphatic carboxylic acids is 1. The molecular weight excluding hydrogens is 386 g/mol. The van der Waals surface area contributed by atoms with Crippen LogP contribution in [0.25, 0.3) is 0 Å². The molecule has 5 rings (SSSR count). The molecule has 4 unspecified atom stereocenters. The monoisotopic (exact) mass is 413 g/mol. The Labute approximate surface area is 182 Å². The normalized spacial score (nSPS) is 24.7. The summed E-state index contributed by atoms with van der Waals surface area (Å²) in [5.41, 5.74) is 1.09. The molecule has 1 saturated heterocycles. The molecule has 0 aromatic heterocycles. The molecule has 4 nitrogen and oxygen atoms in total. The molecule has 31 heavy (non-hydrogen) atoms. The van der Waals surface area contributed by atoms with Gasteiger partial charge >= 0.3 is 5.97 Å². The summed E-state index contributed by atoms with van der Waals surface area (Å²) in [5.74, 6) is -0.532. The van der Waals surface area contributed by atoms with Crippen LogP contribution in [0, 0.1) is 5.92 Å². The van der Waals surface area contributed by atoms with Crippen LogP contribution in [0.4, 0.5) is 0 Å². The zero-order valence-electron chi connectivity index (χ0n) is 17.4. The molecule has 1 aliphatic heterocycles. The number of likely N-dealkylation sites (tertiary alicyclic amines) is 1. The van der Waals surface area contributed by atoms with Crippen LogP contribution in [0.5, 0.6) is 0 Å². The van der Waals surface area contributed by atoms with Crippen LogP contribution in [0.3, 0.4) is 0 Å². The Morgan fingerprint density at radius 2 is 1.55 bits per heavy atom. The van der Waals surface area contributed by atoms with Crippen molar-refractivity contribution in [2.45, 2.75) is 36.9 Å². The summed E-state index contributed by atoms with van der Waals surface area (Å²) in [6.07, 6.45) is 2.25. The fourth-order valence-electron chi connectivity index (χ4n) is 5.76. The highest BCUT2D eigenvalue weighted by atomic mass is 16.4. The molecule has 2 aliphatic rings. The molecule has 2 bridgehead atoms. The van der Waals surface area contributed by atoms with Crippen molar-refractivity contribution in [1.82, 2.24) is 4.90 Å². The van der Waals surface area contributed by atoms with Crippen LogP contribution in [0.2, 0.25) is 0 Å². The maximum absolute atomic E-state index is 12.4. The van der Waals surface area contributed by atoms with Gasteiger partial charge in [0.1, 0.15) is 0 Å². The number of hydrogen-bond donors (Lipinski definition) is 2. The molecule has 158 valence electrons. The van der Waals surface area contributed by atoms with Crippen LogP contribution < -0.4 is 0 Å². The molecule has 2 N–H and O–H groups in total. The summed E-state index contributed by atoms with van der Waals surface area (Å²) in [6, 6.07) is 27.2. The number of hydrogen-bond acceptors (Lipinski definition) is 3. The lowest BCUT2D eigenvalue weighted by Gasteiger charge is -2.31. The van der Waals surface area contributed by atoms with Crippen molar-refractivity contribution in [3.8, 4) is 0 Å². The summed E-state index contributed by atoms with van der Waals surface area (Å²) < 4.78 is 0. The minimum absolute atomic E-state index is 0.231. The van der Waals surface area contributed by atoms with E-state index in [4.69, 9.17) is 0 Å². The van der Waals surface area contributed by atoms with Crippen LogP contribution in [0.1, 0.15) is 41.0 Å². The van der Waals surface area contributed by atoms with Gasteiger partial charge in [-0.15, -0.1) is 0 Å². The van der Waals surface area contributed by atoms with Crippen molar-refractivity contribution < 1.29 is 15.0 Å². The number of carboxylic acid groups (broad SMARTS) is 1. The molecule has 1 aliphatic carbocycles. The first-order valence-corrected chi connectivity index (χ1v) is 11.0. The highest BCUT2D eigenvalue weighted by Crippen LogP contribution is 2.51. The van der Waals surface area contributed by atoms with E-state index >= 15 is 0 Å². The van der Waals surface area contributed by atoms with Gasteiger partial charge < -0.3 is 10.2 Å². The van der Waals surface area contributed by atoms with Crippen molar-refractivity contribution in [2.75, 3.05) is 6.54 Å². The average Bonchev–Trinajstić information content (AvgIpc) is 3.37. The number of piperidine rings is 1. The summed E-state index contributed by atoms with van der Waals surface area (Å²) in [4.78, 5) is 14.9. The molecule has 4 heteroatoms. The third-order valence-electron chi connectivity index (χ3n) is 7.13. The van der Waals surface area contributed by atoms with Gasteiger partial charge in [-0.05, 0) is 35.4 Å². The lowest BCUT2D eigenvalue weighted by molar-refractivity contribution is -0.155. The van der Waals surface area contributed by atoms with Crippen LogP contribution in [-0.2, 0) is 16.9 Å². The molecule has 1 saturated carbocycles. The quantitative estimate of drug-likeness (QED) is 0.629. The molecular formula is C27H27NO3. The molecule has 0 amide bonds. The highest BCUT2D eigenvalue weighted by Gasteiger charge is 2.50. The Morgan fingerprint density at radius 3 is 2.26 bits per heavy atom. The van der Waals surface area contributed by atoms with Crippen molar-refractivity contribution in [3.05, 3.63) is 107 Å². The van der Waals surface area contributed by atoms with E-state index in [0.717, 1.165) is 31.5 Å².